The Morgan fingerprint density at radius 3 is 2.71 bits per heavy atom. The van der Waals surface area contributed by atoms with E-state index in [9.17, 15) is 4.79 Å². The predicted octanol–water partition coefficient (Wildman–Crippen LogP) is 3.89. The molecule has 0 fully saturated rings. The molecule has 0 amide bonds. The topological polar surface area (TPSA) is 26.3 Å². The van der Waals surface area contributed by atoms with Crippen molar-refractivity contribution >= 4 is 49.2 Å². The van der Waals surface area contributed by atoms with E-state index in [1.54, 1.807) is 6.92 Å². The minimum absolute atomic E-state index is 0.280. The van der Waals surface area contributed by atoms with Crippen molar-refractivity contribution in [1.29, 1.82) is 0 Å². The third-order valence-corrected chi connectivity index (χ3v) is 5.03. The molecule has 5 heteroatoms. The molecule has 0 aliphatic rings. The van der Waals surface area contributed by atoms with Crippen LogP contribution >= 0.6 is 43.2 Å². The van der Waals surface area contributed by atoms with Crippen LogP contribution in [0.3, 0.4) is 0 Å². The summed E-state index contributed by atoms with van der Waals surface area (Å²) < 4.78 is 6.92. The fraction of sp³-hybridized carbons (Fsp3) is 0.222. The smallest absolute Gasteiger partial charge is 0.333 e. The fourth-order valence-electron chi connectivity index (χ4n) is 0.711. The second-order valence-corrected chi connectivity index (χ2v) is 5.29. The zero-order valence-electron chi connectivity index (χ0n) is 7.47. The van der Waals surface area contributed by atoms with E-state index in [2.05, 4.69) is 38.4 Å². The zero-order chi connectivity index (χ0) is 10.7. The third-order valence-electron chi connectivity index (χ3n) is 1.44. The van der Waals surface area contributed by atoms with E-state index >= 15 is 0 Å². The summed E-state index contributed by atoms with van der Waals surface area (Å²) in [5.41, 5.74) is 0.414. The monoisotopic (exact) mass is 338 g/mol. The van der Waals surface area contributed by atoms with Crippen molar-refractivity contribution in [1.82, 2.24) is 0 Å². The number of ether oxygens (including phenoxy) is 1. The van der Waals surface area contributed by atoms with Gasteiger partial charge >= 0.3 is 5.97 Å². The Bertz CT molecular complexity index is 371. The number of rotatable bonds is 3. The first-order valence-electron chi connectivity index (χ1n) is 3.76. The number of hydrogen-bond donors (Lipinski definition) is 0. The standard InChI is InChI=1S/C9H8Br2O2S/c1-5(2)9(12)13-3-7-8(11)6(10)4-14-7/h4H,1,3H2,2H3. The van der Waals surface area contributed by atoms with Gasteiger partial charge in [-0.25, -0.2) is 4.79 Å². The zero-order valence-corrected chi connectivity index (χ0v) is 11.5. The Morgan fingerprint density at radius 1 is 1.64 bits per heavy atom. The Hall–Kier alpha value is -0.130. The van der Waals surface area contributed by atoms with Crippen LogP contribution in [0.1, 0.15) is 11.8 Å². The van der Waals surface area contributed by atoms with Gasteiger partial charge in [-0.2, -0.15) is 0 Å². The fourth-order valence-corrected chi connectivity index (χ4v) is 2.73. The Kier molecular flexibility index (Phi) is 4.34. The minimum Gasteiger partial charge on any atom is -0.457 e. The van der Waals surface area contributed by atoms with Crippen molar-refractivity contribution in [2.24, 2.45) is 0 Å². The van der Waals surface area contributed by atoms with E-state index in [-0.39, 0.29) is 12.6 Å². The van der Waals surface area contributed by atoms with Gasteiger partial charge in [0.05, 0.1) is 4.88 Å². The molecule has 0 aliphatic heterocycles. The van der Waals surface area contributed by atoms with Crippen LogP contribution in [-0.4, -0.2) is 5.97 Å². The molecular formula is C9H8Br2O2S. The lowest BCUT2D eigenvalue weighted by Crippen LogP contribution is -2.04. The quantitative estimate of drug-likeness (QED) is 0.616. The lowest BCUT2D eigenvalue weighted by atomic mass is 10.4. The molecule has 1 aromatic rings. The molecule has 0 aliphatic carbocycles. The molecule has 2 nitrogen and oxygen atoms in total. The second kappa shape index (κ2) is 5.09. The molecule has 1 aromatic heterocycles. The van der Waals surface area contributed by atoms with Crippen LogP contribution in [0.5, 0.6) is 0 Å². The van der Waals surface area contributed by atoms with Gasteiger partial charge in [-0.05, 0) is 38.8 Å². The van der Waals surface area contributed by atoms with E-state index in [4.69, 9.17) is 4.74 Å². The minimum atomic E-state index is -0.360. The molecule has 0 atom stereocenters. The maximum Gasteiger partial charge on any atom is 0.333 e. The van der Waals surface area contributed by atoms with Crippen LogP contribution in [0.4, 0.5) is 0 Å². The number of esters is 1. The molecule has 0 radical (unpaired) electrons. The van der Waals surface area contributed by atoms with Crippen LogP contribution in [-0.2, 0) is 16.1 Å². The molecule has 0 saturated carbocycles. The maximum absolute atomic E-state index is 11.1. The van der Waals surface area contributed by atoms with Crippen molar-refractivity contribution in [3.8, 4) is 0 Å². The predicted molar refractivity (Wildman–Crippen MR) is 64.3 cm³/mol. The number of carbonyl (C=O) groups is 1. The van der Waals surface area contributed by atoms with Gasteiger partial charge in [0, 0.05) is 19.9 Å². The summed E-state index contributed by atoms with van der Waals surface area (Å²) in [6.07, 6.45) is 0. The average Bonchev–Trinajstić information content (AvgIpc) is 2.44. The van der Waals surface area contributed by atoms with Gasteiger partial charge in [-0.3, -0.25) is 0 Å². The van der Waals surface area contributed by atoms with Crippen molar-refractivity contribution in [2.45, 2.75) is 13.5 Å². The highest BCUT2D eigenvalue weighted by molar-refractivity contribution is 9.13. The van der Waals surface area contributed by atoms with E-state index in [1.165, 1.54) is 11.3 Å². The number of carbonyl (C=O) groups excluding carboxylic acids is 1. The average molecular weight is 340 g/mol. The summed E-state index contributed by atoms with van der Waals surface area (Å²) in [5.74, 6) is -0.360. The van der Waals surface area contributed by atoms with Gasteiger partial charge in [0.15, 0.2) is 0 Å². The Labute approximate surface area is 103 Å². The van der Waals surface area contributed by atoms with E-state index in [0.29, 0.717) is 5.57 Å². The molecule has 0 aromatic carbocycles. The molecule has 14 heavy (non-hydrogen) atoms. The van der Waals surface area contributed by atoms with Gasteiger partial charge < -0.3 is 4.74 Å². The highest BCUT2D eigenvalue weighted by atomic mass is 79.9. The molecule has 0 spiro atoms. The van der Waals surface area contributed by atoms with E-state index in [0.717, 1.165) is 13.8 Å². The number of thiophene rings is 1. The Morgan fingerprint density at radius 2 is 2.29 bits per heavy atom. The summed E-state index contributed by atoms with van der Waals surface area (Å²) in [5, 5.41) is 1.94. The first-order valence-corrected chi connectivity index (χ1v) is 6.23. The SMILES string of the molecule is C=C(C)C(=O)OCc1scc(Br)c1Br. The van der Waals surface area contributed by atoms with Crippen LogP contribution in [0, 0.1) is 0 Å². The van der Waals surface area contributed by atoms with Crippen molar-refractivity contribution in [2.75, 3.05) is 0 Å². The molecule has 1 rings (SSSR count). The second-order valence-electron chi connectivity index (χ2n) is 2.68. The van der Waals surface area contributed by atoms with Crippen LogP contribution < -0.4 is 0 Å². The summed E-state index contributed by atoms with van der Waals surface area (Å²) in [7, 11) is 0. The molecule has 0 unspecified atom stereocenters. The van der Waals surface area contributed by atoms with Gasteiger partial charge in [-0.1, -0.05) is 6.58 Å². The first kappa shape index (κ1) is 11.9. The first-order chi connectivity index (χ1) is 6.52. The Balaban J connectivity index is 2.58. The van der Waals surface area contributed by atoms with Crippen molar-refractivity contribution in [3.63, 3.8) is 0 Å². The summed E-state index contributed by atoms with van der Waals surface area (Å²) >= 11 is 8.27. The van der Waals surface area contributed by atoms with Gasteiger partial charge in [0.25, 0.3) is 0 Å². The van der Waals surface area contributed by atoms with Crippen LogP contribution in [0.25, 0.3) is 0 Å². The van der Waals surface area contributed by atoms with Gasteiger partial charge in [-0.15, -0.1) is 11.3 Å². The summed E-state index contributed by atoms with van der Waals surface area (Å²) in [6, 6.07) is 0. The molecule has 1 heterocycles. The van der Waals surface area contributed by atoms with E-state index < -0.39 is 0 Å². The maximum atomic E-state index is 11.1. The largest absolute Gasteiger partial charge is 0.457 e. The molecule has 76 valence electrons. The normalized spacial score (nSPS) is 9.93. The highest BCUT2D eigenvalue weighted by Gasteiger charge is 2.09. The molecule has 0 bridgehead atoms. The van der Waals surface area contributed by atoms with Crippen LogP contribution in [0.2, 0.25) is 0 Å². The number of hydrogen-bond acceptors (Lipinski definition) is 3. The molecule has 0 saturated heterocycles. The summed E-state index contributed by atoms with van der Waals surface area (Å²) in [6.45, 7) is 5.41. The summed E-state index contributed by atoms with van der Waals surface area (Å²) in [4.78, 5) is 12.1. The van der Waals surface area contributed by atoms with Crippen molar-refractivity contribution < 1.29 is 9.53 Å². The number of halogens is 2. The van der Waals surface area contributed by atoms with Crippen molar-refractivity contribution in [3.05, 3.63) is 31.4 Å². The molecular weight excluding hydrogens is 332 g/mol. The lowest BCUT2D eigenvalue weighted by molar-refractivity contribution is -0.140. The van der Waals surface area contributed by atoms with E-state index in [1.807, 2.05) is 5.38 Å². The lowest BCUT2D eigenvalue weighted by Gasteiger charge is -2.02. The van der Waals surface area contributed by atoms with Crippen LogP contribution in [0.15, 0.2) is 26.5 Å². The van der Waals surface area contributed by atoms with Gasteiger partial charge in [0.2, 0.25) is 0 Å². The molecule has 0 N–H and O–H groups in total. The third kappa shape index (κ3) is 2.93. The van der Waals surface area contributed by atoms with Gasteiger partial charge in [0.1, 0.15) is 6.61 Å². The highest BCUT2D eigenvalue weighted by Crippen LogP contribution is 2.32.